The topological polar surface area (TPSA) is 34.4 Å². The third-order valence-corrected chi connectivity index (χ3v) is 3.21. The number of rotatable bonds is 4. The zero-order chi connectivity index (χ0) is 14.0. The maximum atomic E-state index is 5.97. The second kappa shape index (κ2) is 5.25. The van der Waals surface area contributed by atoms with Gasteiger partial charge in [-0.25, -0.2) is 0 Å². The summed E-state index contributed by atoms with van der Waals surface area (Å²) in [5.41, 5.74) is 2.29. The summed E-state index contributed by atoms with van der Waals surface area (Å²) in [5, 5.41) is 4.64. The smallest absolute Gasteiger partial charge is 0.134 e. The monoisotopic (exact) mass is 261 g/mol. The van der Waals surface area contributed by atoms with Crippen LogP contribution in [0.4, 0.5) is 0 Å². The predicted molar refractivity (Wildman–Crippen MR) is 78.7 cm³/mol. The average molecular weight is 261 g/mol. The first-order chi connectivity index (χ1) is 8.94. The van der Waals surface area contributed by atoms with Gasteiger partial charge in [-0.3, -0.25) is 0 Å². The lowest BCUT2D eigenvalue weighted by Crippen LogP contribution is -2.35. The molecule has 0 unspecified atom stereocenters. The molecule has 1 aromatic carbocycles. The molecule has 0 aliphatic heterocycles. The lowest BCUT2D eigenvalue weighted by molar-refractivity contribution is 0.393. The van der Waals surface area contributed by atoms with Crippen molar-refractivity contribution in [2.45, 2.75) is 46.2 Å². The molecule has 1 heterocycles. The Bertz CT molecular complexity index is 564. The van der Waals surface area contributed by atoms with E-state index in [2.05, 4.69) is 39.1 Å². The Morgan fingerprint density at radius 2 is 2.00 bits per heavy atom. The van der Waals surface area contributed by atoms with Crippen LogP contribution in [0.2, 0.25) is 0 Å². The molecule has 2 aromatic rings. The Morgan fingerprint density at radius 1 is 1.26 bits per heavy atom. The number of benzene rings is 1. The molecule has 0 radical (unpaired) electrons. The van der Waals surface area contributed by atoms with Crippen LogP contribution < -0.4 is 10.1 Å². The van der Waals surface area contributed by atoms with Gasteiger partial charge in [0.2, 0.25) is 0 Å². The second-order valence-electron chi connectivity index (χ2n) is 5.82. The molecule has 1 N–H and O–H groups in total. The largest absolute Gasteiger partial charge is 0.497 e. The van der Waals surface area contributed by atoms with Crippen molar-refractivity contribution in [1.29, 1.82) is 0 Å². The number of hydrogen-bond donors (Lipinski definition) is 1. The van der Waals surface area contributed by atoms with Crippen LogP contribution in [0, 0.1) is 0 Å². The van der Waals surface area contributed by atoms with Gasteiger partial charge in [0.05, 0.1) is 13.7 Å². The van der Waals surface area contributed by atoms with Crippen LogP contribution in [0.1, 0.15) is 39.0 Å². The third-order valence-electron chi connectivity index (χ3n) is 3.21. The Labute approximate surface area is 114 Å². The minimum absolute atomic E-state index is 0.0850. The van der Waals surface area contributed by atoms with Crippen molar-refractivity contribution in [3.8, 4) is 5.75 Å². The number of aryl methyl sites for hydroxylation is 1. The first-order valence-corrected chi connectivity index (χ1v) is 6.78. The van der Waals surface area contributed by atoms with Crippen LogP contribution in [0.25, 0.3) is 11.0 Å². The molecule has 0 amide bonds. The average Bonchev–Trinajstić information content (AvgIpc) is 2.71. The molecule has 0 saturated carbocycles. The summed E-state index contributed by atoms with van der Waals surface area (Å²) in [4.78, 5) is 0. The van der Waals surface area contributed by atoms with E-state index in [0.717, 1.165) is 35.4 Å². The number of hydrogen-bond acceptors (Lipinski definition) is 3. The van der Waals surface area contributed by atoms with Crippen molar-refractivity contribution in [1.82, 2.24) is 5.32 Å². The highest BCUT2D eigenvalue weighted by Gasteiger charge is 2.16. The van der Waals surface area contributed by atoms with Crippen LogP contribution in [0.5, 0.6) is 5.75 Å². The maximum Gasteiger partial charge on any atom is 0.134 e. The summed E-state index contributed by atoms with van der Waals surface area (Å²) < 4.78 is 11.3. The van der Waals surface area contributed by atoms with E-state index in [-0.39, 0.29) is 5.54 Å². The Hall–Kier alpha value is -1.48. The van der Waals surface area contributed by atoms with E-state index >= 15 is 0 Å². The van der Waals surface area contributed by atoms with Gasteiger partial charge in [-0.2, -0.15) is 0 Å². The molecule has 0 aliphatic rings. The van der Waals surface area contributed by atoms with E-state index in [0.29, 0.717) is 0 Å². The lowest BCUT2D eigenvalue weighted by atomic mass is 10.1. The van der Waals surface area contributed by atoms with Gasteiger partial charge < -0.3 is 14.5 Å². The fourth-order valence-corrected chi connectivity index (χ4v) is 2.18. The van der Waals surface area contributed by atoms with E-state index in [4.69, 9.17) is 9.15 Å². The fourth-order valence-electron chi connectivity index (χ4n) is 2.18. The molecule has 0 atom stereocenters. The zero-order valence-electron chi connectivity index (χ0n) is 12.5. The number of furan rings is 1. The van der Waals surface area contributed by atoms with Crippen molar-refractivity contribution < 1.29 is 9.15 Å². The molecule has 3 nitrogen and oxygen atoms in total. The fraction of sp³-hybridized carbons (Fsp3) is 0.500. The molecule has 0 aliphatic carbocycles. The molecule has 3 heteroatoms. The summed E-state index contributed by atoms with van der Waals surface area (Å²) in [7, 11) is 1.69. The first kappa shape index (κ1) is 13.9. The summed E-state index contributed by atoms with van der Waals surface area (Å²) >= 11 is 0. The molecule has 1 aromatic heterocycles. The normalized spacial score (nSPS) is 12.1. The van der Waals surface area contributed by atoms with Gasteiger partial charge in [0, 0.05) is 16.5 Å². The summed E-state index contributed by atoms with van der Waals surface area (Å²) in [5.74, 6) is 1.90. The molecule has 0 fully saturated rings. The highest BCUT2D eigenvalue weighted by Crippen LogP contribution is 2.30. The molecule has 0 spiro atoms. The van der Waals surface area contributed by atoms with Crippen LogP contribution >= 0.6 is 0 Å². The van der Waals surface area contributed by atoms with Crippen molar-refractivity contribution in [2.75, 3.05) is 7.11 Å². The SMILES string of the molecule is CCc1c(CNC(C)(C)C)oc2ccc(OC)cc12. The number of ether oxygens (including phenoxy) is 1. The third kappa shape index (κ3) is 3.10. The van der Waals surface area contributed by atoms with Crippen LogP contribution in [0.15, 0.2) is 22.6 Å². The minimum atomic E-state index is 0.0850. The van der Waals surface area contributed by atoms with Gasteiger partial charge in [0.1, 0.15) is 17.1 Å². The van der Waals surface area contributed by atoms with Gasteiger partial charge in [-0.05, 0) is 45.4 Å². The molecule has 2 rings (SSSR count). The van der Waals surface area contributed by atoms with Gasteiger partial charge >= 0.3 is 0 Å². The van der Waals surface area contributed by atoms with E-state index in [9.17, 15) is 0 Å². The predicted octanol–water partition coefficient (Wildman–Crippen LogP) is 3.89. The standard InChI is InChI=1S/C16H23NO2/c1-6-12-13-9-11(18-5)7-8-14(13)19-15(12)10-17-16(2,3)4/h7-9,17H,6,10H2,1-5H3. The zero-order valence-corrected chi connectivity index (χ0v) is 12.5. The number of nitrogens with one attached hydrogen (secondary N) is 1. The van der Waals surface area contributed by atoms with Gasteiger partial charge in [0.15, 0.2) is 0 Å². The van der Waals surface area contributed by atoms with E-state index < -0.39 is 0 Å². The Balaban J connectivity index is 2.38. The van der Waals surface area contributed by atoms with Crippen molar-refractivity contribution >= 4 is 11.0 Å². The highest BCUT2D eigenvalue weighted by molar-refractivity contribution is 5.83. The molecule has 0 saturated heterocycles. The van der Waals surface area contributed by atoms with E-state index in [1.807, 2.05) is 12.1 Å². The molecular weight excluding hydrogens is 238 g/mol. The van der Waals surface area contributed by atoms with E-state index in [1.54, 1.807) is 7.11 Å². The first-order valence-electron chi connectivity index (χ1n) is 6.78. The molecule has 0 bridgehead atoms. The number of fused-ring (bicyclic) bond motifs is 1. The molecule has 19 heavy (non-hydrogen) atoms. The second-order valence-corrected chi connectivity index (χ2v) is 5.82. The van der Waals surface area contributed by atoms with Crippen molar-refractivity contribution in [3.63, 3.8) is 0 Å². The van der Waals surface area contributed by atoms with Crippen LogP contribution in [0.3, 0.4) is 0 Å². The Kier molecular flexibility index (Phi) is 3.85. The lowest BCUT2D eigenvalue weighted by Gasteiger charge is -2.19. The van der Waals surface area contributed by atoms with Gasteiger partial charge in [0.25, 0.3) is 0 Å². The van der Waals surface area contributed by atoms with Crippen LogP contribution in [-0.4, -0.2) is 12.6 Å². The summed E-state index contributed by atoms with van der Waals surface area (Å²) in [6.45, 7) is 9.38. The molecule has 104 valence electrons. The summed E-state index contributed by atoms with van der Waals surface area (Å²) in [6.07, 6.45) is 0.960. The van der Waals surface area contributed by atoms with Gasteiger partial charge in [-0.15, -0.1) is 0 Å². The minimum Gasteiger partial charge on any atom is -0.497 e. The highest BCUT2D eigenvalue weighted by atomic mass is 16.5. The van der Waals surface area contributed by atoms with E-state index in [1.165, 1.54) is 5.56 Å². The van der Waals surface area contributed by atoms with Gasteiger partial charge in [-0.1, -0.05) is 6.92 Å². The number of methoxy groups -OCH3 is 1. The van der Waals surface area contributed by atoms with Crippen molar-refractivity contribution in [2.24, 2.45) is 0 Å². The Morgan fingerprint density at radius 3 is 2.58 bits per heavy atom. The van der Waals surface area contributed by atoms with Crippen molar-refractivity contribution in [3.05, 3.63) is 29.5 Å². The summed E-state index contributed by atoms with van der Waals surface area (Å²) in [6, 6.07) is 5.97. The maximum absolute atomic E-state index is 5.97. The van der Waals surface area contributed by atoms with Crippen LogP contribution in [-0.2, 0) is 13.0 Å². The molecular formula is C16H23NO2. The quantitative estimate of drug-likeness (QED) is 0.906.